The Morgan fingerprint density at radius 2 is 1.68 bits per heavy atom. The zero-order chi connectivity index (χ0) is 19.9. The van der Waals surface area contributed by atoms with Crippen molar-refractivity contribution >= 4 is 17.8 Å². The Morgan fingerprint density at radius 3 is 2.21 bits per heavy atom. The molecule has 1 atom stereocenters. The first-order valence-electron chi connectivity index (χ1n) is 9.95. The number of carboxylic acids is 2. The van der Waals surface area contributed by atoms with Crippen molar-refractivity contribution in [1.82, 2.24) is 9.80 Å². The van der Waals surface area contributed by atoms with Crippen LogP contribution < -0.4 is 0 Å². The van der Waals surface area contributed by atoms with Crippen molar-refractivity contribution in [2.45, 2.75) is 44.7 Å². The number of hydrogen-bond acceptors (Lipinski definition) is 4. The Labute approximate surface area is 163 Å². The minimum absolute atomic E-state index is 0.0326. The predicted molar refractivity (Wildman–Crippen MR) is 101 cm³/mol. The SMILES string of the molecule is O=C(O)c1ccc(CN2CCC3(CC2)C[C@H](C(=O)O)N(C(=O)C2CC2)C3)cc1. The van der Waals surface area contributed by atoms with E-state index in [0.29, 0.717) is 13.0 Å². The quantitative estimate of drug-likeness (QED) is 0.804. The van der Waals surface area contributed by atoms with Crippen LogP contribution >= 0.6 is 0 Å². The second-order valence-corrected chi connectivity index (χ2v) is 8.58. The number of amides is 1. The van der Waals surface area contributed by atoms with Crippen molar-refractivity contribution in [2.75, 3.05) is 19.6 Å². The van der Waals surface area contributed by atoms with Crippen LogP contribution in [0.2, 0.25) is 0 Å². The van der Waals surface area contributed by atoms with Crippen molar-refractivity contribution in [1.29, 1.82) is 0 Å². The highest BCUT2D eigenvalue weighted by molar-refractivity contribution is 5.88. The summed E-state index contributed by atoms with van der Waals surface area (Å²) in [5.74, 6) is -1.73. The Hall–Kier alpha value is -2.41. The standard InChI is InChI=1S/C21H26N2O5/c24-18(15-5-6-15)23-13-21(11-17(23)20(27)28)7-9-22(10-8-21)12-14-1-3-16(4-2-14)19(25)26/h1-4,15,17H,5-13H2,(H,25,26)(H,27,28)/t17-/m1/s1. The van der Waals surface area contributed by atoms with Gasteiger partial charge in [-0.1, -0.05) is 12.1 Å². The second kappa shape index (κ2) is 7.20. The highest BCUT2D eigenvalue weighted by Gasteiger charge is 2.51. The molecule has 0 aromatic heterocycles. The van der Waals surface area contributed by atoms with Gasteiger partial charge in [0.15, 0.2) is 0 Å². The fraction of sp³-hybridized carbons (Fsp3) is 0.571. The number of likely N-dealkylation sites (tertiary alicyclic amines) is 2. The summed E-state index contributed by atoms with van der Waals surface area (Å²) in [6, 6.07) is 6.26. The third-order valence-electron chi connectivity index (χ3n) is 6.53. The molecule has 7 nitrogen and oxygen atoms in total. The highest BCUT2D eigenvalue weighted by atomic mass is 16.4. The number of aromatic carboxylic acids is 1. The molecule has 28 heavy (non-hydrogen) atoms. The number of rotatable bonds is 5. The lowest BCUT2D eigenvalue weighted by atomic mass is 9.76. The average molecular weight is 386 g/mol. The van der Waals surface area contributed by atoms with Gasteiger partial charge in [0.25, 0.3) is 0 Å². The van der Waals surface area contributed by atoms with Crippen molar-refractivity contribution in [3.63, 3.8) is 0 Å². The first kappa shape index (κ1) is 18.9. The van der Waals surface area contributed by atoms with Crippen LogP contribution in [0.5, 0.6) is 0 Å². The predicted octanol–water partition coefficient (Wildman–Crippen LogP) is 2.06. The summed E-state index contributed by atoms with van der Waals surface area (Å²) in [6.07, 6.45) is 4.12. The lowest BCUT2D eigenvalue weighted by molar-refractivity contribution is -0.148. The van der Waals surface area contributed by atoms with E-state index < -0.39 is 18.0 Å². The van der Waals surface area contributed by atoms with Gasteiger partial charge in [-0.3, -0.25) is 9.69 Å². The summed E-state index contributed by atoms with van der Waals surface area (Å²) in [6.45, 7) is 3.04. The molecule has 3 aliphatic rings. The van der Waals surface area contributed by atoms with E-state index in [9.17, 15) is 19.5 Å². The molecule has 0 radical (unpaired) electrons. The first-order chi connectivity index (χ1) is 13.4. The molecule has 0 unspecified atom stereocenters. The van der Waals surface area contributed by atoms with Crippen LogP contribution in [-0.4, -0.2) is 63.5 Å². The Kier molecular flexibility index (Phi) is 4.87. The van der Waals surface area contributed by atoms with Gasteiger partial charge in [-0.25, -0.2) is 9.59 Å². The molecule has 1 aliphatic carbocycles. The molecule has 1 aromatic carbocycles. The number of carbonyl (C=O) groups excluding carboxylic acids is 1. The number of piperidine rings is 1. The Balaban J connectivity index is 1.37. The van der Waals surface area contributed by atoms with E-state index in [-0.39, 0.29) is 22.8 Å². The van der Waals surface area contributed by atoms with Gasteiger partial charge in [-0.15, -0.1) is 0 Å². The monoisotopic (exact) mass is 386 g/mol. The van der Waals surface area contributed by atoms with Gasteiger partial charge < -0.3 is 15.1 Å². The Morgan fingerprint density at radius 1 is 1.04 bits per heavy atom. The molecule has 1 aromatic rings. The zero-order valence-electron chi connectivity index (χ0n) is 15.8. The number of benzene rings is 1. The molecule has 2 heterocycles. The molecule has 7 heteroatoms. The van der Waals surface area contributed by atoms with Gasteiger partial charge in [0.05, 0.1) is 5.56 Å². The molecule has 2 N–H and O–H groups in total. The van der Waals surface area contributed by atoms with Crippen LogP contribution in [0.1, 0.15) is 48.0 Å². The van der Waals surface area contributed by atoms with Crippen LogP contribution in [0.4, 0.5) is 0 Å². The van der Waals surface area contributed by atoms with Crippen LogP contribution in [0.25, 0.3) is 0 Å². The zero-order valence-corrected chi connectivity index (χ0v) is 15.8. The maximum Gasteiger partial charge on any atom is 0.335 e. The van der Waals surface area contributed by atoms with E-state index in [1.165, 1.54) is 0 Å². The smallest absolute Gasteiger partial charge is 0.335 e. The van der Waals surface area contributed by atoms with Gasteiger partial charge in [-0.05, 0) is 68.3 Å². The number of hydrogen-bond donors (Lipinski definition) is 2. The number of nitrogens with zero attached hydrogens (tertiary/aromatic N) is 2. The molecule has 1 spiro atoms. The highest BCUT2D eigenvalue weighted by Crippen LogP contribution is 2.45. The molecule has 4 rings (SSSR count). The lowest BCUT2D eigenvalue weighted by Crippen LogP contribution is -2.43. The fourth-order valence-corrected chi connectivity index (χ4v) is 4.63. The summed E-state index contributed by atoms with van der Waals surface area (Å²) in [7, 11) is 0. The fourth-order valence-electron chi connectivity index (χ4n) is 4.63. The second-order valence-electron chi connectivity index (χ2n) is 8.58. The largest absolute Gasteiger partial charge is 0.480 e. The number of carboxylic acid groups (broad SMARTS) is 2. The number of aliphatic carboxylic acids is 1. The van der Waals surface area contributed by atoms with Crippen LogP contribution in [0.3, 0.4) is 0 Å². The van der Waals surface area contributed by atoms with Gasteiger partial charge in [0.1, 0.15) is 6.04 Å². The molecule has 0 bridgehead atoms. The average Bonchev–Trinajstić information content (AvgIpc) is 3.46. The van der Waals surface area contributed by atoms with Crippen LogP contribution in [-0.2, 0) is 16.1 Å². The topological polar surface area (TPSA) is 98.2 Å². The van der Waals surface area contributed by atoms with E-state index >= 15 is 0 Å². The summed E-state index contributed by atoms with van der Waals surface area (Å²) in [5.41, 5.74) is 1.27. The van der Waals surface area contributed by atoms with Gasteiger partial charge in [-0.2, -0.15) is 0 Å². The minimum atomic E-state index is -0.925. The molecular weight excluding hydrogens is 360 g/mol. The van der Waals surface area contributed by atoms with Gasteiger partial charge in [0, 0.05) is 19.0 Å². The van der Waals surface area contributed by atoms with E-state index in [0.717, 1.165) is 50.9 Å². The van der Waals surface area contributed by atoms with Crippen molar-refractivity contribution in [2.24, 2.45) is 11.3 Å². The normalized spacial score (nSPS) is 24.4. The lowest BCUT2D eigenvalue weighted by Gasteiger charge is -2.39. The minimum Gasteiger partial charge on any atom is -0.480 e. The summed E-state index contributed by atoms with van der Waals surface area (Å²) < 4.78 is 0. The summed E-state index contributed by atoms with van der Waals surface area (Å²) in [5, 5.41) is 18.6. The summed E-state index contributed by atoms with van der Waals surface area (Å²) in [4.78, 5) is 39.2. The molecule has 2 saturated heterocycles. The van der Waals surface area contributed by atoms with Crippen molar-refractivity contribution in [3.05, 3.63) is 35.4 Å². The maximum absolute atomic E-state index is 12.5. The molecule has 3 fully saturated rings. The van der Waals surface area contributed by atoms with Gasteiger partial charge >= 0.3 is 11.9 Å². The van der Waals surface area contributed by atoms with Crippen molar-refractivity contribution in [3.8, 4) is 0 Å². The van der Waals surface area contributed by atoms with Crippen LogP contribution in [0, 0.1) is 11.3 Å². The first-order valence-corrected chi connectivity index (χ1v) is 9.95. The third-order valence-corrected chi connectivity index (χ3v) is 6.53. The van der Waals surface area contributed by atoms with Crippen LogP contribution in [0.15, 0.2) is 24.3 Å². The third kappa shape index (κ3) is 3.76. The molecule has 150 valence electrons. The van der Waals surface area contributed by atoms with E-state index in [2.05, 4.69) is 4.90 Å². The number of carbonyl (C=O) groups is 3. The molecule has 2 aliphatic heterocycles. The Bertz CT molecular complexity index is 778. The van der Waals surface area contributed by atoms with E-state index in [1.54, 1.807) is 17.0 Å². The van der Waals surface area contributed by atoms with Gasteiger partial charge in [0.2, 0.25) is 5.91 Å². The molecular formula is C21H26N2O5. The van der Waals surface area contributed by atoms with E-state index in [1.807, 2.05) is 12.1 Å². The van der Waals surface area contributed by atoms with Crippen molar-refractivity contribution < 1.29 is 24.6 Å². The maximum atomic E-state index is 12.5. The van der Waals surface area contributed by atoms with E-state index in [4.69, 9.17) is 5.11 Å². The summed E-state index contributed by atoms with van der Waals surface area (Å²) >= 11 is 0. The molecule has 1 amide bonds. The molecule has 1 saturated carbocycles.